The minimum Gasteiger partial charge on any atom is -0.491 e. The third kappa shape index (κ3) is 2.22. The second-order valence-corrected chi connectivity index (χ2v) is 4.30. The highest BCUT2D eigenvalue weighted by atomic mass is 16.5. The molecule has 5 nitrogen and oxygen atoms in total. The first-order valence-corrected chi connectivity index (χ1v) is 6.36. The van der Waals surface area contributed by atoms with Crippen LogP contribution in [0.25, 0.3) is 11.3 Å². The minimum atomic E-state index is -0.0322. The van der Waals surface area contributed by atoms with E-state index in [1.54, 1.807) is 14.0 Å². The quantitative estimate of drug-likeness (QED) is 0.876. The Labute approximate surface area is 118 Å². The van der Waals surface area contributed by atoms with Crippen molar-refractivity contribution in [3.63, 3.8) is 0 Å². The zero-order chi connectivity index (χ0) is 14.7. The van der Waals surface area contributed by atoms with Crippen molar-refractivity contribution >= 4 is 17.1 Å². The third-order valence-corrected chi connectivity index (χ3v) is 3.17. The zero-order valence-corrected chi connectivity index (χ0v) is 11.8. The smallest absolute Gasteiger partial charge is 0.236 e. The van der Waals surface area contributed by atoms with Crippen molar-refractivity contribution < 1.29 is 14.3 Å². The zero-order valence-electron chi connectivity index (χ0n) is 11.8. The van der Waals surface area contributed by atoms with Crippen molar-refractivity contribution in [1.82, 2.24) is 5.32 Å². The molecule has 1 aromatic carbocycles. The number of hydrogen-bond donors (Lipinski definition) is 2. The average Bonchev–Trinajstić information content (AvgIpc) is 2.59. The normalized spacial score (nSPS) is 14.3. The van der Waals surface area contributed by atoms with Gasteiger partial charge in [-0.3, -0.25) is 4.79 Å². The van der Waals surface area contributed by atoms with Gasteiger partial charge >= 0.3 is 0 Å². The molecule has 0 radical (unpaired) electrons. The summed E-state index contributed by atoms with van der Waals surface area (Å²) < 4.78 is 10.7. The number of carbonyl (C=O) groups excluding carboxylic acids is 1. The number of allylic oxidation sites excluding steroid dienone is 1. The van der Waals surface area contributed by atoms with Gasteiger partial charge in [0.1, 0.15) is 5.82 Å². The summed E-state index contributed by atoms with van der Waals surface area (Å²) in [5.74, 6) is 1.14. The third-order valence-electron chi connectivity index (χ3n) is 3.17. The molecule has 0 unspecified atom stereocenters. The van der Waals surface area contributed by atoms with Gasteiger partial charge in [0.15, 0.2) is 11.5 Å². The fraction of sp³-hybridized carbons (Fsp3) is 0.267. The van der Waals surface area contributed by atoms with Gasteiger partial charge in [-0.1, -0.05) is 31.2 Å². The molecule has 0 aliphatic carbocycles. The van der Waals surface area contributed by atoms with Crippen LogP contribution in [0.4, 0.5) is 0 Å². The first kappa shape index (κ1) is 14.0. The van der Waals surface area contributed by atoms with Crippen LogP contribution in [0, 0.1) is 0 Å². The number of methoxy groups -OCH3 is 2. The lowest BCUT2D eigenvalue weighted by Crippen LogP contribution is -2.23. The molecule has 0 saturated carbocycles. The van der Waals surface area contributed by atoms with Crippen LogP contribution in [-0.2, 0) is 14.3 Å². The number of nitrogens with two attached hydrogens (primary N) is 1. The number of hydrogen-bond acceptors (Lipinski definition) is 5. The van der Waals surface area contributed by atoms with Gasteiger partial charge in [0.05, 0.1) is 19.8 Å². The van der Waals surface area contributed by atoms with Crippen LogP contribution in [0.2, 0.25) is 0 Å². The molecule has 20 heavy (non-hydrogen) atoms. The van der Waals surface area contributed by atoms with Crippen molar-refractivity contribution in [1.29, 1.82) is 0 Å². The van der Waals surface area contributed by atoms with E-state index in [4.69, 9.17) is 15.2 Å². The SMILES string of the molecule is CCC(=O)C1=C(N)NC(OC)=C(OC)c2ccccc21. The molecule has 2 rings (SSSR count). The van der Waals surface area contributed by atoms with Crippen LogP contribution in [0.1, 0.15) is 24.5 Å². The Morgan fingerprint density at radius 2 is 1.85 bits per heavy atom. The highest BCUT2D eigenvalue weighted by molar-refractivity contribution is 6.22. The number of nitrogens with one attached hydrogen (secondary N) is 1. The van der Waals surface area contributed by atoms with Crippen LogP contribution in [0.3, 0.4) is 0 Å². The summed E-state index contributed by atoms with van der Waals surface area (Å²) in [6.45, 7) is 1.80. The second-order valence-electron chi connectivity index (χ2n) is 4.30. The largest absolute Gasteiger partial charge is 0.491 e. The lowest BCUT2D eigenvalue weighted by molar-refractivity contribution is -0.113. The van der Waals surface area contributed by atoms with E-state index in [9.17, 15) is 4.79 Å². The Balaban J connectivity index is 2.74. The van der Waals surface area contributed by atoms with E-state index in [1.807, 2.05) is 24.3 Å². The van der Waals surface area contributed by atoms with Gasteiger partial charge in [0, 0.05) is 17.5 Å². The molecule has 0 saturated heterocycles. The summed E-state index contributed by atoms with van der Waals surface area (Å²) in [7, 11) is 3.07. The monoisotopic (exact) mass is 274 g/mol. The molecule has 0 aromatic heterocycles. The Morgan fingerprint density at radius 3 is 2.40 bits per heavy atom. The van der Waals surface area contributed by atoms with Crippen molar-refractivity contribution in [2.45, 2.75) is 13.3 Å². The summed E-state index contributed by atoms with van der Waals surface area (Å²) >= 11 is 0. The number of rotatable bonds is 4. The number of carbonyl (C=O) groups is 1. The number of fused-ring (bicyclic) bond motifs is 1. The molecule has 5 heteroatoms. The first-order valence-electron chi connectivity index (χ1n) is 6.36. The van der Waals surface area contributed by atoms with Gasteiger partial charge in [0.25, 0.3) is 0 Å². The summed E-state index contributed by atoms with van der Waals surface area (Å²) in [4.78, 5) is 12.2. The second kappa shape index (κ2) is 5.69. The van der Waals surface area contributed by atoms with E-state index in [-0.39, 0.29) is 11.6 Å². The summed E-state index contributed by atoms with van der Waals surface area (Å²) in [6, 6.07) is 7.46. The topological polar surface area (TPSA) is 73.6 Å². The Kier molecular flexibility index (Phi) is 3.98. The molecule has 1 aliphatic rings. The predicted molar refractivity (Wildman–Crippen MR) is 76.9 cm³/mol. The van der Waals surface area contributed by atoms with E-state index in [0.29, 0.717) is 23.6 Å². The van der Waals surface area contributed by atoms with Gasteiger partial charge in [-0.2, -0.15) is 0 Å². The molecule has 1 aliphatic heterocycles. The van der Waals surface area contributed by atoms with Gasteiger partial charge in [-0.15, -0.1) is 0 Å². The summed E-state index contributed by atoms with van der Waals surface area (Å²) in [5.41, 5.74) is 8.01. The maximum Gasteiger partial charge on any atom is 0.236 e. The number of ketones is 1. The van der Waals surface area contributed by atoms with Crippen molar-refractivity contribution in [3.05, 3.63) is 47.1 Å². The highest BCUT2D eigenvalue weighted by Crippen LogP contribution is 2.32. The summed E-state index contributed by atoms with van der Waals surface area (Å²) in [5, 5.41) is 2.91. The predicted octanol–water partition coefficient (Wildman–Crippen LogP) is 1.82. The summed E-state index contributed by atoms with van der Waals surface area (Å²) in [6.07, 6.45) is 0.372. The minimum absolute atomic E-state index is 0.0322. The average molecular weight is 274 g/mol. The Bertz CT molecular complexity index is 603. The van der Waals surface area contributed by atoms with Crippen molar-refractivity contribution in [2.24, 2.45) is 5.73 Å². The lowest BCUT2D eigenvalue weighted by Gasteiger charge is -2.12. The van der Waals surface area contributed by atoms with Gasteiger partial charge in [-0.25, -0.2) is 0 Å². The van der Waals surface area contributed by atoms with E-state index in [0.717, 1.165) is 11.1 Å². The fourth-order valence-corrected chi connectivity index (χ4v) is 2.23. The van der Waals surface area contributed by atoms with Crippen molar-refractivity contribution in [3.8, 4) is 0 Å². The van der Waals surface area contributed by atoms with E-state index in [2.05, 4.69) is 5.32 Å². The van der Waals surface area contributed by atoms with Crippen LogP contribution in [-0.4, -0.2) is 20.0 Å². The maximum atomic E-state index is 12.2. The molecule has 1 aromatic rings. The van der Waals surface area contributed by atoms with Crippen molar-refractivity contribution in [2.75, 3.05) is 14.2 Å². The standard InChI is InChI=1S/C15H18N2O3/c1-4-11(18)12-9-7-5-6-8-10(9)13(19-2)15(20-3)17-14(12)16/h5-8,17H,4,16H2,1-3H3. The molecule has 0 amide bonds. The van der Waals surface area contributed by atoms with Crippen LogP contribution >= 0.6 is 0 Å². The molecule has 106 valence electrons. The van der Waals surface area contributed by atoms with Crippen LogP contribution in [0.15, 0.2) is 36.0 Å². The van der Waals surface area contributed by atoms with E-state index >= 15 is 0 Å². The van der Waals surface area contributed by atoms with E-state index < -0.39 is 0 Å². The van der Waals surface area contributed by atoms with Crippen LogP contribution in [0.5, 0.6) is 0 Å². The fourth-order valence-electron chi connectivity index (χ4n) is 2.23. The van der Waals surface area contributed by atoms with E-state index in [1.165, 1.54) is 7.11 Å². The molecule has 3 N–H and O–H groups in total. The maximum absolute atomic E-state index is 12.2. The first-order chi connectivity index (χ1) is 9.63. The molecule has 0 spiro atoms. The number of Topliss-reactive ketones (excluding diaryl/α,β-unsaturated/α-hetero) is 1. The molecule has 0 atom stereocenters. The van der Waals surface area contributed by atoms with Gasteiger partial charge in [0.2, 0.25) is 5.88 Å². The number of benzene rings is 1. The van der Waals surface area contributed by atoms with Gasteiger partial charge in [-0.05, 0) is 0 Å². The number of ether oxygens (including phenoxy) is 2. The molecule has 1 heterocycles. The molecule has 0 fully saturated rings. The Hall–Kier alpha value is -2.43. The van der Waals surface area contributed by atoms with Crippen LogP contribution < -0.4 is 11.1 Å². The highest BCUT2D eigenvalue weighted by Gasteiger charge is 2.26. The molecular formula is C15H18N2O3. The Morgan fingerprint density at radius 1 is 1.20 bits per heavy atom. The molecular weight excluding hydrogens is 256 g/mol. The lowest BCUT2D eigenvalue weighted by atomic mass is 9.95. The molecule has 0 bridgehead atoms. The van der Waals surface area contributed by atoms with Gasteiger partial charge < -0.3 is 20.5 Å².